The van der Waals surface area contributed by atoms with E-state index in [1.54, 1.807) is 32.3 Å². The molecule has 10 heteroatoms. The van der Waals surface area contributed by atoms with Crippen molar-refractivity contribution in [2.24, 2.45) is 0 Å². The molecular weight excluding hydrogens is 344 g/mol. The lowest BCUT2D eigenvalue weighted by molar-refractivity contribution is -0.123. The van der Waals surface area contributed by atoms with Crippen molar-refractivity contribution in [1.82, 2.24) is 24.7 Å². The van der Waals surface area contributed by atoms with Crippen molar-refractivity contribution >= 4 is 22.1 Å². The molecule has 2 heterocycles. The first-order chi connectivity index (χ1) is 11.8. The number of aromatic nitrogens is 2. The standard InChI is InChI=1S/C15H26N6O3S/c1-11(2)19-25(23,24)20-12(3)14(22)18-13-6-4-9-21(10-13)15-16-7-5-8-17-15/h5,7-8,11-13,19-20H,4,6,9-10H2,1-3H3,(H,18,22)/t12-,13-/m1/s1. The van der Waals surface area contributed by atoms with Crippen LogP contribution < -0.4 is 19.7 Å². The van der Waals surface area contributed by atoms with Gasteiger partial charge in [-0.3, -0.25) is 4.79 Å². The summed E-state index contributed by atoms with van der Waals surface area (Å²) in [5.41, 5.74) is 0. The van der Waals surface area contributed by atoms with Gasteiger partial charge < -0.3 is 10.2 Å². The minimum atomic E-state index is -3.71. The Bertz CT molecular complexity index is 667. The topological polar surface area (TPSA) is 116 Å². The van der Waals surface area contributed by atoms with Crippen molar-refractivity contribution in [2.75, 3.05) is 18.0 Å². The monoisotopic (exact) mass is 370 g/mol. The molecule has 2 atom stereocenters. The number of hydrogen-bond acceptors (Lipinski definition) is 6. The van der Waals surface area contributed by atoms with Crippen LogP contribution in [0.25, 0.3) is 0 Å². The second-order valence-corrected chi connectivity index (χ2v) is 7.94. The fraction of sp³-hybridized carbons (Fsp3) is 0.667. The van der Waals surface area contributed by atoms with Crippen LogP contribution in [0.1, 0.15) is 33.6 Å². The Morgan fingerprint density at radius 3 is 2.56 bits per heavy atom. The van der Waals surface area contributed by atoms with Gasteiger partial charge in [0.15, 0.2) is 0 Å². The summed E-state index contributed by atoms with van der Waals surface area (Å²) in [7, 11) is -3.71. The molecule has 9 nitrogen and oxygen atoms in total. The van der Waals surface area contributed by atoms with Crippen LogP contribution >= 0.6 is 0 Å². The van der Waals surface area contributed by atoms with Crippen molar-refractivity contribution in [3.8, 4) is 0 Å². The molecule has 0 radical (unpaired) electrons. The quantitative estimate of drug-likeness (QED) is 0.611. The Balaban J connectivity index is 1.89. The van der Waals surface area contributed by atoms with E-state index in [1.807, 2.05) is 4.90 Å². The van der Waals surface area contributed by atoms with Gasteiger partial charge in [0.2, 0.25) is 11.9 Å². The molecule has 0 aromatic carbocycles. The number of piperidine rings is 1. The summed E-state index contributed by atoms with van der Waals surface area (Å²) >= 11 is 0. The summed E-state index contributed by atoms with van der Waals surface area (Å²) < 4.78 is 28.4. The molecule has 0 saturated carbocycles. The molecule has 1 saturated heterocycles. The van der Waals surface area contributed by atoms with Crippen LogP contribution in [-0.2, 0) is 15.0 Å². The Hall–Kier alpha value is -1.78. The minimum absolute atomic E-state index is 0.0740. The zero-order valence-electron chi connectivity index (χ0n) is 14.8. The fourth-order valence-electron chi connectivity index (χ4n) is 2.69. The van der Waals surface area contributed by atoms with Crippen molar-refractivity contribution < 1.29 is 13.2 Å². The maximum Gasteiger partial charge on any atom is 0.277 e. The molecule has 2 rings (SSSR count). The predicted molar refractivity (Wildman–Crippen MR) is 95.2 cm³/mol. The van der Waals surface area contributed by atoms with Gasteiger partial charge in [0.25, 0.3) is 10.2 Å². The van der Waals surface area contributed by atoms with Gasteiger partial charge in [-0.2, -0.15) is 17.9 Å². The van der Waals surface area contributed by atoms with E-state index < -0.39 is 16.3 Å². The number of carbonyl (C=O) groups is 1. The highest BCUT2D eigenvalue weighted by Gasteiger charge is 2.26. The zero-order valence-corrected chi connectivity index (χ0v) is 15.6. The molecule has 1 aliphatic rings. The minimum Gasteiger partial charge on any atom is -0.350 e. The van der Waals surface area contributed by atoms with Crippen LogP contribution in [0.5, 0.6) is 0 Å². The van der Waals surface area contributed by atoms with Crippen LogP contribution in [0.2, 0.25) is 0 Å². The molecule has 0 aliphatic carbocycles. The number of rotatable bonds is 7. The van der Waals surface area contributed by atoms with Crippen LogP contribution in [0.15, 0.2) is 18.5 Å². The molecule has 1 aliphatic heterocycles. The number of anilines is 1. The summed E-state index contributed by atoms with van der Waals surface area (Å²) in [5, 5.41) is 2.90. The third kappa shape index (κ3) is 6.22. The van der Waals surface area contributed by atoms with Gasteiger partial charge >= 0.3 is 0 Å². The zero-order chi connectivity index (χ0) is 18.4. The lowest BCUT2D eigenvalue weighted by Crippen LogP contribution is -2.54. The lowest BCUT2D eigenvalue weighted by Gasteiger charge is -2.33. The van der Waals surface area contributed by atoms with Gasteiger partial charge in [0.1, 0.15) is 0 Å². The highest BCUT2D eigenvalue weighted by atomic mass is 32.2. The average molecular weight is 370 g/mol. The number of amides is 1. The smallest absolute Gasteiger partial charge is 0.277 e. The summed E-state index contributed by atoms with van der Waals surface area (Å²) in [6.45, 7) is 6.38. The second kappa shape index (κ2) is 8.54. The number of carbonyl (C=O) groups excluding carboxylic acids is 1. The molecule has 1 aromatic heterocycles. The summed E-state index contributed by atoms with van der Waals surface area (Å²) in [6, 6.07) is 0.575. The lowest BCUT2D eigenvalue weighted by atomic mass is 10.1. The number of nitrogens with zero attached hydrogens (tertiary/aromatic N) is 3. The van der Waals surface area contributed by atoms with Crippen LogP contribution in [-0.4, -0.2) is 55.5 Å². The molecule has 25 heavy (non-hydrogen) atoms. The van der Waals surface area contributed by atoms with E-state index in [2.05, 4.69) is 24.7 Å². The highest BCUT2D eigenvalue weighted by Crippen LogP contribution is 2.15. The Labute approximate surface area is 148 Å². The highest BCUT2D eigenvalue weighted by molar-refractivity contribution is 7.87. The molecular formula is C15H26N6O3S. The summed E-state index contributed by atoms with van der Waals surface area (Å²) in [5.74, 6) is 0.284. The van der Waals surface area contributed by atoms with Gasteiger partial charge in [-0.1, -0.05) is 0 Å². The van der Waals surface area contributed by atoms with E-state index in [0.717, 1.165) is 19.4 Å². The van der Waals surface area contributed by atoms with Crippen LogP contribution in [0, 0.1) is 0 Å². The van der Waals surface area contributed by atoms with Crippen molar-refractivity contribution in [3.05, 3.63) is 18.5 Å². The Morgan fingerprint density at radius 1 is 1.24 bits per heavy atom. The fourth-order valence-corrected chi connectivity index (χ4v) is 3.95. The van der Waals surface area contributed by atoms with Gasteiger partial charge in [-0.05, 0) is 39.7 Å². The first kappa shape index (κ1) is 19.5. The second-order valence-electron chi connectivity index (χ2n) is 6.46. The molecule has 1 amide bonds. The molecule has 0 bridgehead atoms. The number of hydrogen-bond donors (Lipinski definition) is 3. The van der Waals surface area contributed by atoms with E-state index >= 15 is 0 Å². The van der Waals surface area contributed by atoms with Gasteiger partial charge in [0.05, 0.1) is 6.04 Å². The Kier molecular flexibility index (Phi) is 6.68. The molecule has 1 aromatic rings. The van der Waals surface area contributed by atoms with E-state index in [4.69, 9.17) is 0 Å². The van der Waals surface area contributed by atoms with Crippen LogP contribution in [0.4, 0.5) is 5.95 Å². The SMILES string of the molecule is CC(C)NS(=O)(=O)N[C@H](C)C(=O)N[C@@H]1CCCN(c2ncccn2)C1. The first-order valence-corrected chi connectivity index (χ1v) is 9.87. The maximum absolute atomic E-state index is 12.3. The van der Waals surface area contributed by atoms with E-state index in [0.29, 0.717) is 12.5 Å². The van der Waals surface area contributed by atoms with Crippen molar-refractivity contribution in [1.29, 1.82) is 0 Å². The third-order valence-electron chi connectivity index (χ3n) is 3.72. The molecule has 0 unspecified atom stereocenters. The maximum atomic E-state index is 12.3. The third-order valence-corrected chi connectivity index (χ3v) is 5.16. The van der Waals surface area contributed by atoms with Crippen molar-refractivity contribution in [2.45, 2.75) is 51.7 Å². The van der Waals surface area contributed by atoms with Gasteiger partial charge in [-0.25, -0.2) is 9.97 Å². The largest absolute Gasteiger partial charge is 0.350 e. The Morgan fingerprint density at radius 2 is 1.92 bits per heavy atom. The molecule has 140 valence electrons. The number of nitrogens with one attached hydrogen (secondary N) is 3. The predicted octanol–water partition coefficient (Wildman–Crippen LogP) is -0.217. The van der Waals surface area contributed by atoms with Gasteiger partial charge in [-0.15, -0.1) is 0 Å². The van der Waals surface area contributed by atoms with E-state index in [-0.39, 0.29) is 18.0 Å². The molecule has 1 fully saturated rings. The molecule has 0 spiro atoms. The first-order valence-electron chi connectivity index (χ1n) is 8.39. The normalized spacial score (nSPS) is 19.7. The van der Waals surface area contributed by atoms with Gasteiger partial charge in [0, 0.05) is 37.6 Å². The van der Waals surface area contributed by atoms with Crippen LogP contribution in [0.3, 0.4) is 0 Å². The van der Waals surface area contributed by atoms with E-state index in [9.17, 15) is 13.2 Å². The average Bonchev–Trinajstić information content (AvgIpc) is 2.54. The van der Waals surface area contributed by atoms with Crippen molar-refractivity contribution in [3.63, 3.8) is 0 Å². The molecule has 3 N–H and O–H groups in total. The summed E-state index contributed by atoms with van der Waals surface area (Å²) in [6.07, 6.45) is 5.10. The van der Waals surface area contributed by atoms with E-state index in [1.165, 1.54) is 6.92 Å². The summed E-state index contributed by atoms with van der Waals surface area (Å²) in [4.78, 5) is 22.8.